The molecule has 1 aromatic rings. The summed E-state index contributed by atoms with van der Waals surface area (Å²) in [6, 6.07) is 8.17. The SMILES string of the molecule is CS1(Cl)C=C(CCN2CCOCC2)N/C1=N\S(=O)(=O)c1ccccc1.Cl. The van der Waals surface area contributed by atoms with Gasteiger partial charge in [-0.05, 0) is 23.8 Å². The summed E-state index contributed by atoms with van der Waals surface area (Å²) in [5.74, 6) is 0. The number of halogens is 2. The van der Waals surface area contributed by atoms with E-state index in [0.29, 0.717) is 5.17 Å². The molecule has 0 radical (unpaired) electrons. The highest BCUT2D eigenvalue weighted by Crippen LogP contribution is 2.56. The summed E-state index contributed by atoms with van der Waals surface area (Å²) < 4.78 is 34.3. The molecule has 0 aromatic heterocycles. The van der Waals surface area contributed by atoms with E-state index in [1.54, 1.807) is 18.2 Å². The second-order valence-corrected chi connectivity index (χ2v) is 11.9. The molecular weight excluding hydrogens is 417 g/mol. The second kappa shape index (κ2) is 8.95. The zero-order valence-electron chi connectivity index (χ0n) is 14.4. The van der Waals surface area contributed by atoms with E-state index in [9.17, 15) is 8.42 Å². The number of amidine groups is 1. The summed E-state index contributed by atoms with van der Waals surface area (Å²) in [7, 11) is 0.883. The van der Waals surface area contributed by atoms with Crippen molar-refractivity contribution in [2.24, 2.45) is 4.40 Å². The lowest BCUT2D eigenvalue weighted by Crippen LogP contribution is -2.37. The van der Waals surface area contributed by atoms with Crippen molar-refractivity contribution in [1.29, 1.82) is 0 Å². The van der Waals surface area contributed by atoms with Crippen molar-refractivity contribution in [2.75, 3.05) is 39.1 Å². The van der Waals surface area contributed by atoms with Gasteiger partial charge in [-0.15, -0.1) is 16.8 Å². The molecule has 1 N–H and O–H groups in total. The molecule has 6 nitrogen and oxygen atoms in total. The van der Waals surface area contributed by atoms with E-state index in [1.165, 1.54) is 12.1 Å². The van der Waals surface area contributed by atoms with Gasteiger partial charge in [-0.2, -0.15) is 8.42 Å². The lowest BCUT2D eigenvalue weighted by atomic mass is 10.3. The highest BCUT2D eigenvalue weighted by Gasteiger charge is 2.31. The number of hydrogen-bond acceptors (Lipinski definition) is 4. The normalized spacial score (nSPS) is 27.9. The molecule has 1 saturated heterocycles. The first-order chi connectivity index (χ1) is 11.9. The lowest BCUT2D eigenvalue weighted by molar-refractivity contribution is 0.0383. The van der Waals surface area contributed by atoms with Gasteiger partial charge in [0.25, 0.3) is 10.0 Å². The Bertz CT molecular complexity index is 777. The van der Waals surface area contributed by atoms with Gasteiger partial charge in [0.2, 0.25) is 0 Å². The zero-order valence-corrected chi connectivity index (χ0v) is 17.6. The fourth-order valence-corrected chi connectivity index (χ4v) is 6.26. The van der Waals surface area contributed by atoms with Crippen LogP contribution in [0, 0.1) is 0 Å². The maximum Gasteiger partial charge on any atom is 0.284 e. The van der Waals surface area contributed by atoms with Gasteiger partial charge in [0.1, 0.15) is 0 Å². The quantitative estimate of drug-likeness (QED) is 0.763. The number of nitrogens with zero attached hydrogens (tertiary/aromatic N) is 2. The molecule has 2 aliphatic rings. The van der Waals surface area contributed by atoms with E-state index in [2.05, 4.69) is 14.6 Å². The van der Waals surface area contributed by atoms with Crippen LogP contribution in [0.15, 0.2) is 50.7 Å². The second-order valence-electron chi connectivity index (χ2n) is 6.03. The molecule has 0 spiro atoms. The number of morpholine rings is 1. The van der Waals surface area contributed by atoms with Gasteiger partial charge >= 0.3 is 0 Å². The van der Waals surface area contributed by atoms with Crippen molar-refractivity contribution in [3.8, 4) is 0 Å². The molecule has 0 bridgehead atoms. The topological polar surface area (TPSA) is 71.0 Å². The zero-order chi connectivity index (χ0) is 17.9. The fourth-order valence-electron chi connectivity index (χ4n) is 2.66. The summed E-state index contributed by atoms with van der Waals surface area (Å²) >= 11 is 0. The Labute approximate surface area is 166 Å². The molecule has 10 heteroatoms. The van der Waals surface area contributed by atoms with Crippen LogP contribution in [0.5, 0.6) is 0 Å². The van der Waals surface area contributed by atoms with Gasteiger partial charge in [-0.1, -0.05) is 38.1 Å². The van der Waals surface area contributed by atoms with Crippen LogP contribution in [0.25, 0.3) is 0 Å². The Morgan fingerprint density at radius 1 is 1.27 bits per heavy atom. The van der Waals surface area contributed by atoms with Crippen molar-refractivity contribution in [3.05, 3.63) is 41.4 Å². The van der Waals surface area contributed by atoms with Crippen LogP contribution in [-0.2, 0) is 14.8 Å². The van der Waals surface area contributed by atoms with E-state index in [-0.39, 0.29) is 17.3 Å². The monoisotopic (exact) mass is 439 g/mol. The van der Waals surface area contributed by atoms with Crippen molar-refractivity contribution >= 4 is 47.5 Å². The largest absolute Gasteiger partial charge is 0.379 e. The van der Waals surface area contributed by atoms with Crippen molar-refractivity contribution in [3.63, 3.8) is 0 Å². The van der Waals surface area contributed by atoms with E-state index in [4.69, 9.17) is 15.4 Å². The van der Waals surface area contributed by atoms with Crippen LogP contribution >= 0.6 is 32.3 Å². The first kappa shape index (κ1) is 21.5. The van der Waals surface area contributed by atoms with Crippen LogP contribution < -0.4 is 5.32 Å². The first-order valence-corrected chi connectivity index (χ1v) is 12.4. The predicted molar refractivity (Wildman–Crippen MR) is 111 cm³/mol. The molecule has 0 amide bonds. The molecule has 3 rings (SSSR count). The molecule has 2 heterocycles. The molecule has 0 saturated carbocycles. The Kier molecular flexibility index (Phi) is 7.41. The Morgan fingerprint density at radius 2 is 1.92 bits per heavy atom. The minimum absolute atomic E-state index is 0. The first-order valence-electron chi connectivity index (χ1n) is 8.02. The van der Waals surface area contributed by atoms with Crippen molar-refractivity contribution in [2.45, 2.75) is 11.3 Å². The number of sulfonamides is 1. The third-order valence-corrected chi connectivity index (χ3v) is 7.84. The Balaban J connectivity index is 0.00000243. The molecule has 26 heavy (non-hydrogen) atoms. The predicted octanol–water partition coefficient (Wildman–Crippen LogP) is 2.91. The number of hydrogen-bond donors (Lipinski definition) is 1. The van der Waals surface area contributed by atoms with E-state index in [1.807, 2.05) is 11.7 Å². The van der Waals surface area contributed by atoms with Gasteiger partial charge < -0.3 is 10.1 Å². The Hall–Kier alpha value is -0.770. The molecule has 1 aromatic carbocycles. The third kappa shape index (κ3) is 5.37. The standard InChI is InChI=1S/C16H22ClN3O3S2.ClH/c1-24(17)13-14(7-8-20-9-11-23-12-10-20)18-16(24)19-25(21,22)15-5-3-2-4-6-15;/h2-6,13H,7-12H2,1H3,(H,18,19);1H. The maximum absolute atomic E-state index is 12.5. The molecule has 146 valence electrons. The fraction of sp³-hybridized carbons (Fsp3) is 0.438. The Morgan fingerprint density at radius 3 is 2.58 bits per heavy atom. The van der Waals surface area contributed by atoms with Crippen LogP contribution in [0.2, 0.25) is 0 Å². The summed E-state index contributed by atoms with van der Waals surface area (Å²) in [6.45, 7) is 4.23. The van der Waals surface area contributed by atoms with E-state index < -0.39 is 19.3 Å². The lowest BCUT2D eigenvalue weighted by Gasteiger charge is -2.26. The van der Waals surface area contributed by atoms with E-state index in [0.717, 1.165) is 45.0 Å². The van der Waals surface area contributed by atoms with Crippen LogP contribution in [-0.4, -0.2) is 57.6 Å². The summed E-state index contributed by atoms with van der Waals surface area (Å²) in [4.78, 5) is 2.49. The molecule has 2 aliphatic heterocycles. The summed E-state index contributed by atoms with van der Waals surface area (Å²) in [6.07, 6.45) is 2.60. The average molecular weight is 440 g/mol. The summed E-state index contributed by atoms with van der Waals surface area (Å²) in [5, 5.41) is 5.38. The van der Waals surface area contributed by atoms with Gasteiger partial charge in [-0.3, -0.25) is 4.90 Å². The van der Waals surface area contributed by atoms with Gasteiger partial charge in [-0.25, -0.2) is 0 Å². The third-order valence-electron chi connectivity index (χ3n) is 4.05. The number of rotatable bonds is 5. The van der Waals surface area contributed by atoms with Crippen LogP contribution in [0.1, 0.15) is 6.42 Å². The molecule has 1 atom stereocenters. The van der Waals surface area contributed by atoms with Crippen LogP contribution in [0.4, 0.5) is 0 Å². The van der Waals surface area contributed by atoms with Gasteiger partial charge in [0, 0.05) is 31.8 Å². The minimum atomic E-state index is -3.77. The maximum atomic E-state index is 12.5. The van der Waals surface area contributed by atoms with Gasteiger partial charge in [0.05, 0.1) is 18.1 Å². The molecule has 1 fully saturated rings. The smallest absolute Gasteiger partial charge is 0.284 e. The minimum Gasteiger partial charge on any atom is -0.379 e. The number of ether oxygens (including phenoxy) is 1. The van der Waals surface area contributed by atoms with Gasteiger partial charge in [0.15, 0.2) is 5.17 Å². The summed E-state index contributed by atoms with van der Waals surface area (Å²) in [5.41, 5.74) is 0.931. The average Bonchev–Trinajstić information content (AvgIpc) is 2.88. The highest BCUT2D eigenvalue weighted by molar-refractivity contribution is 8.62. The van der Waals surface area contributed by atoms with Crippen LogP contribution in [0.3, 0.4) is 0 Å². The number of benzene rings is 1. The van der Waals surface area contributed by atoms with Crippen molar-refractivity contribution < 1.29 is 13.2 Å². The molecule has 0 aliphatic carbocycles. The molecule has 1 unspecified atom stereocenters. The van der Waals surface area contributed by atoms with E-state index >= 15 is 0 Å². The van der Waals surface area contributed by atoms with Crippen molar-refractivity contribution in [1.82, 2.24) is 10.2 Å². The number of nitrogens with one attached hydrogen (secondary N) is 1. The molecular formula is C16H23Cl2N3O3S2. The highest BCUT2D eigenvalue weighted by atomic mass is 35.7.